The maximum absolute atomic E-state index is 13.4. The Balaban J connectivity index is 3.10. The molecule has 5 heteroatoms. The first kappa shape index (κ1) is 12.1. The fourth-order valence-corrected chi connectivity index (χ4v) is 1.58. The molecular weight excluding hydrogens is 223 g/mol. The van der Waals surface area contributed by atoms with Gasteiger partial charge in [-0.1, -0.05) is 11.6 Å². The molecular formula is C10H12ClFO3. The van der Waals surface area contributed by atoms with Crippen LogP contribution in [0.2, 0.25) is 5.02 Å². The molecule has 0 aliphatic rings. The Labute approximate surface area is 92.1 Å². The van der Waals surface area contributed by atoms with Crippen molar-refractivity contribution in [1.82, 2.24) is 0 Å². The van der Waals surface area contributed by atoms with Crippen LogP contribution in [0.4, 0.5) is 4.39 Å². The van der Waals surface area contributed by atoms with Crippen LogP contribution < -0.4 is 4.74 Å². The third-order valence-corrected chi connectivity index (χ3v) is 2.32. The lowest BCUT2D eigenvalue weighted by molar-refractivity contribution is 0.287. The molecule has 0 unspecified atom stereocenters. The average Bonchev–Trinajstić information content (AvgIpc) is 2.22. The van der Waals surface area contributed by atoms with E-state index in [0.717, 1.165) is 0 Å². The number of halogens is 2. The maximum atomic E-state index is 13.4. The summed E-state index contributed by atoms with van der Waals surface area (Å²) in [6.07, 6.45) is 0.804. The molecule has 1 rings (SSSR count). The first-order valence-electron chi connectivity index (χ1n) is 4.46. The third-order valence-electron chi connectivity index (χ3n) is 2.04. The van der Waals surface area contributed by atoms with Crippen LogP contribution in [0.3, 0.4) is 0 Å². The molecule has 0 radical (unpaired) electrons. The van der Waals surface area contributed by atoms with Crippen molar-refractivity contribution in [3.05, 3.63) is 22.5 Å². The third kappa shape index (κ3) is 2.52. The van der Waals surface area contributed by atoms with Gasteiger partial charge in [0.2, 0.25) is 5.82 Å². The van der Waals surface area contributed by atoms with E-state index >= 15 is 0 Å². The summed E-state index contributed by atoms with van der Waals surface area (Å²) in [5.74, 6) is -1.50. The van der Waals surface area contributed by atoms with Crippen molar-refractivity contribution in [3.63, 3.8) is 0 Å². The molecule has 0 bridgehead atoms. The van der Waals surface area contributed by atoms with E-state index in [2.05, 4.69) is 0 Å². The summed E-state index contributed by atoms with van der Waals surface area (Å²) < 4.78 is 18.1. The molecule has 0 fully saturated rings. The molecule has 0 spiro atoms. The van der Waals surface area contributed by atoms with Crippen molar-refractivity contribution in [2.24, 2.45) is 0 Å². The molecule has 0 amide bonds. The topological polar surface area (TPSA) is 49.7 Å². The van der Waals surface area contributed by atoms with Gasteiger partial charge in [0.1, 0.15) is 0 Å². The number of aromatic hydroxyl groups is 1. The fraction of sp³-hybridized carbons (Fsp3) is 0.400. The number of aliphatic hydroxyl groups is 1. The van der Waals surface area contributed by atoms with E-state index in [1.165, 1.54) is 13.2 Å². The van der Waals surface area contributed by atoms with Crippen molar-refractivity contribution in [3.8, 4) is 11.5 Å². The van der Waals surface area contributed by atoms with Crippen LogP contribution in [0.5, 0.6) is 11.5 Å². The number of phenolic OH excluding ortho intramolecular Hbond substituents is 1. The lowest BCUT2D eigenvalue weighted by Crippen LogP contribution is -1.96. The largest absolute Gasteiger partial charge is 0.505 e. The van der Waals surface area contributed by atoms with Crippen LogP contribution in [-0.2, 0) is 6.42 Å². The summed E-state index contributed by atoms with van der Waals surface area (Å²) >= 11 is 5.75. The van der Waals surface area contributed by atoms with Gasteiger partial charge in [-0.2, -0.15) is 4.39 Å². The van der Waals surface area contributed by atoms with E-state index in [0.29, 0.717) is 18.4 Å². The van der Waals surface area contributed by atoms with E-state index in [9.17, 15) is 9.50 Å². The molecule has 0 aliphatic carbocycles. The summed E-state index contributed by atoms with van der Waals surface area (Å²) in [4.78, 5) is 0. The second-order valence-electron chi connectivity index (χ2n) is 3.04. The van der Waals surface area contributed by atoms with Crippen LogP contribution in [0.25, 0.3) is 0 Å². The number of hydrogen-bond donors (Lipinski definition) is 2. The van der Waals surface area contributed by atoms with Gasteiger partial charge < -0.3 is 14.9 Å². The number of aryl methyl sites for hydroxylation is 1. The summed E-state index contributed by atoms with van der Waals surface area (Å²) in [6.45, 7) is -0.0231. The zero-order valence-electron chi connectivity index (χ0n) is 8.26. The Morgan fingerprint density at radius 2 is 2.20 bits per heavy atom. The van der Waals surface area contributed by atoms with Crippen LogP contribution in [0, 0.1) is 5.82 Å². The maximum Gasteiger partial charge on any atom is 0.208 e. The van der Waals surface area contributed by atoms with Crippen molar-refractivity contribution in [2.75, 3.05) is 13.7 Å². The summed E-state index contributed by atoms with van der Waals surface area (Å²) in [7, 11) is 1.27. The minimum absolute atomic E-state index is 0.0231. The van der Waals surface area contributed by atoms with E-state index in [-0.39, 0.29) is 17.4 Å². The van der Waals surface area contributed by atoms with Gasteiger partial charge in [-0.3, -0.25) is 0 Å². The van der Waals surface area contributed by atoms with E-state index < -0.39 is 11.6 Å². The lowest BCUT2D eigenvalue weighted by Gasteiger charge is -2.10. The molecule has 15 heavy (non-hydrogen) atoms. The second kappa shape index (κ2) is 5.19. The minimum Gasteiger partial charge on any atom is -0.505 e. The van der Waals surface area contributed by atoms with E-state index in [1.54, 1.807) is 0 Å². The molecule has 0 atom stereocenters. The van der Waals surface area contributed by atoms with Gasteiger partial charge in [-0.25, -0.2) is 0 Å². The van der Waals surface area contributed by atoms with Crippen LogP contribution >= 0.6 is 11.6 Å². The highest BCUT2D eigenvalue weighted by atomic mass is 35.5. The first-order chi connectivity index (χ1) is 7.11. The minimum atomic E-state index is -0.863. The SMILES string of the molecule is COc1c(Cl)cc(CCCO)c(O)c1F. The molecule has 2 N–H and O–H groups in total. The van der Waals surface area contributed by atoms with Gasteiger partial charge in [-0.15, -0.1) is 0 Å². The normalized spacial score (nSPS) is 10.4. The number of hydrogen-bond acceptors (Lipinski definition) is 3. The number of rotatable bonds is 4. The Bertz CT molecular complexity index is 355. The molecule has 0 saturated carbocycles. The van der Waals surface area contributed by atoms with Crippen LogP contribution in [0.15, 0.2) is 6.07 Å². The van der Waals surface area contributed by atoms with Gasteiger partial charge in [0.15, 0.2) is 11.5 Å². The van der Waals surface area contributed by atoms with Gasteiger partial charge in [0.05, 0.1) is 12.1 Å². The summed E-state index contributed by atoms with van der Waals surface area (Å²) in [5, 5.41) is 18.2. The summed E-state index contributed by atoms with van der Waals surface area (Å²) in [5.41, 5.74) is 0.368. The molecule has 84 valence electrons. The zero-order chi connectivity index (χ0) is 11.4. The predicted octanol–water partition coefficient (Wildman–Crippen LogP) is 2.12. The summed E-state index contributed by atoms with van der Waals surface area (Å²) in [6, 6.07) is 1.44. The Hall–Kier alpha value is -1.00. The van der Waals surface area contributed by atoms with E-state index in [4.69, 9.17) is 21.4 Å². The highest BCUT2D eigenvalue weighted by molar-refractivity contribution is 6.32. The zero-order valence-corrected chi connectivity index (χ0v) is 9.01. The van der Waals surface area contributed by atoms with Crippen molar-refractivity contribution in [2.45, 2.75) is 12.8 Å². The van der Waals surface area contributed by atoms with Gasteiger partial charge in [0, 0.05) is 6.61 Å². The van der Waals surface area contributed by atoms with Gasteiger partial charge >= 0.3 is 0 Å². The van der Waals surface area contributed by atoms with Crippen molar-refractivity contribution >= 4 is 11.6 Å². The Morgan fingerprint density at radius 3 is 2.73 bits per heavy atom. The molecule has 0 saturated heterocycles. The number of phenols is 1. The van der Waals surface area contributed by atoms with Crippen LogP contribution in [-0.4, -0.2) is 23.9 Å². The monoisotopic (exact) mass is 234 g/mol. The lowest BCUT2D eigenvalue weighted by atomic mass is 10.1. The molecule has 0 aromatic heterocycles. The number of benzene rings is 1. The van der Waals surface area contributed by atoms with Crippen molar-refractivity contribution < 1.29 is 19.3 Å². The molecule has 0 aliphatic heterocycles. The van der Waals surface area contributed by atoms with E-state index in [1.807, 2.05) is 0 Å². The predicted molar refractivity (Wildman–Crippen MR) is 55.0 cm³/mol. The molecule has 1 aromatic rings. The molecule has 3 nitrogen and oxygen atoms in total. The van der Waals surface area contributed by atoms with Gasteiger partial charge in [0.25, 0.3) is 0 Å². The first-order valence-corrected chi connectivity index (χ1v) is 4.84. The smallest absolute Gasteiger partial charge is 0.208 e. The standard InChI is InChI=1S/C10H12ClFO3/c1-15-10-7(11)5-6(3-2-4-13)9(14)8(10)12/h5,13-14H,2-4H2,1H3. The quantitative estimate of drug-likeness (QED) is 0.839. The van der Waals surface area contributed by atoms with Crippen molar-refractivity contribution in [1.29, 1.82) is 0 Å². The highest BCUT2D eigenvalue weighted by Crippen LogP contribution is 2.36. The number of methoxy groups -OCH3 is 1. The molecule has 1 aromatic carbocycles. The Morgan fingerprint density at radius 1 is 1.53 bits per heavy atom. The van der Waals surface area contributed by atoms with Crippen LogP contribution in [0.1, 0.15) is 12.0 Å². The fourth-order valence-electron chi connectivity index (χ4n) is 1.29. The average molecular weight is 235 g/mol. The Kier molecular flexibility index (Phi) is 4.17. The van der Waals surface area contributed by atoms with Gasteiger partial charge in [-0.05, 0) is 24.5 Å². The number of aliphatic hydroxyl groups excluding tert-OH is 1. The molecule has 0 heterocycles. The number of ether oxygens (including phenoxy) is 1. The second-order valence-corrected chi connectivity index (χ2v) is 3.45. The highest BCUT2D eigenvalue weighted by Gasteiger charge is 2.17.